The van der Waals surface area contributed by atoms with Crippen molar-refractivity contribution in [2.45, 2.75) is 26.5 Å². The van der Waals surface area contributed by atoms with Gasteiger partial charge in [-0.2, -0.15) is 0 Å². The average Bonchev–Trinajstić information content (AvgIpc) is 2.26. The fourth-order valence-electron chi connectivity index (χ4n) is 1.36. The van der Waals surface area contributed by atoms with Crippen molar-refractivity contribution in [2.75, 3.05) is 0 Å². The summed E-state index contributed by atoms with van der Waals surface area (Å²) in [5, 5.41) is 21.3. The van der Waals surface area contributed by atoms with Gasteiger partial charge in [0, 0.05) is 17.7 Å². The zero-order chi connectivity index (χ0) is 13.7. The van der Waals surface area contributed by atoms with E-state index in [1.165, 1.54) is 18.2 Å². The summed E-state index contributed by atoms with van der Waals surface area (Å²) in [5.41, 5.74) is 0.327. The summed E-state index contributed by atoms with van der Waals surface area (Å²) in [6.45, 7) is 3.59. The summed E-state index contributed by atoms with van der Waals surface area (Å²) in [7, 11) is 0. The standard InChI is InChI=1S/C11H14N2O5/c1-7(2)18-10-4-3-9(13(16)17)5-8(10)6-12-11(14)15/h3-5,7,12H,6H2,1-2H3,(H,14,15). The van der Waals surface area contributed by atoms with Gasteiger partial charge in [-0.3, -0.25) is 10.1 Å². The maximum Gasteiger partial charge on any atom is 0.404 e. The Kier molecular flexibility index (Phi) is 4.47. The Morgan fingerprint density at radius 2 is 2.22 bits per heavy atom. The molecule has 0 aliphatic carbocycles. The summed E-state index contributed by atoms with van der Waals surface area (Å²) in [5.74, 6) is 0.435. The van der Waals surface area contributed by atoms with Crippen molar-refractivity contribution >= 4 is 11.8 Å². The number of non-ortho nitro benzene ring substituents is 1. The molecule has 0 aliphatic rings. The number of nitro groups is 1. The number of benzene rings is 1. The number of nitrogens with one attached hydrogen (secondary N) is 1. The van der Waals surface area contributed by atoms with Gasteiger partial charge in [-0.25, -0.2) is 4.79 Å². The first kappa shape index (κ1) is 13.8. The predicted molar refractivity (Wildman–Crippen MR) is 63.7 cm³/mol. The summed E-state index contributed by atoms with van der Waals surface area (Å²) in [6.07, 6.45) is -1.30. The topological polar surface area (TPSA) is 102 Å². The van der Waals surface area contributed by atoms with Crippen molar-refractivity contribution < 1.29 is 19.6 Å². The highest BCUT2D eigenvalue weighted by Crippen LogP contribution is 2.25. The van der Waals surface area contributed by atoms with E-state index in [1.807, 2.05) is 13.8 Å². The molecule has 0 aromatic heterocycles. The molecule has 1 rings (SSSR count). The van der Waals surface area contributed by atoms with Gasteiger partial charge < -0.3 is 15.2 Å². The van der Waals surface area contributed by atoms with E-state index in [2.05, 4.69) is 5.32 Å². The Bertz CT molecular complexity index is 459. The number of amides is 1. The van der Waals surface area contributed by atoms with Crippen LogP contribution in [0.25, 0.3) is 0 Å². The maximum absolute atomic E-state index is 10.7. The minimum atomic E-state index is -1.20. The lowest BCUT2D eigenvalue weighted by Gasteiger charge is -2.14. The van der Waals surface area contributed by atoms with Crippen molar-refractivity contribution in [1.82, 2.24) is 5.32 Å². The van der Waals surface area contributed by atoms with Gasteiger partial charge in [-0.05, 0) is 19.9 Å². The van der Waals surface area contributed by atoms with Gasteiger partial charge in [0.25, 0.3) is 5.69 Å². The number of nitro benzene ring substituents is 1. The molecule has 0 spiro atoms. The van der Waals surface area contributed by atoms with Crippen LogP contribution >= 0.6 is 0 Å². The van der Waals surface area contributed by atoms with Crippen LogP contribution in [0.3, 0.4) is 0 Å². The van der Waals surface area contributed by atoms with Gasteiger partial charge in [0.1, 0.15) is 5.75 Å². The lowest BCUT2D eigenvalue weighted by atomic mass is 10.1. The first-order valence-electron chi connectivity index (χ1n) is 5.31. The highest BCUT2D eigenvalue weighted by atomic mass is 16.6. The van der Waals surface area contributed by atoms with Crippen LogP contribution in [0, 0.1) is 10.1 Å². The quantitative estimate of drug-likeness (QED) is 0.619. The molecule has 0 heterocycles. The molecule has 7 nitrogen and oxygen atoms in total. The van der Waals surface area contributed by atoms with Crippen LogP contribution in [0.15, 0.2) is 18.2 Å². The molecule has 0 aliphatic heterocycles. The van der Waals surface area contributed by atoms with E-state index in [-0.39, 0.29) is 18.3 Å². The smallest absolute Gasteiger partial charge is 0.404 e. The van der Waals surface area contributed by atoms with Crippen molar-refractivity contribution in [1.29, 1.82) is 0 Å². The number of carboxylic acid groups (broad SMARTS) is 1. The van der Waals surface area contributed by atoms with Crippen LogP contribution in [0.5, 0.6) is 5.75 Å². The Labute approximate surface area is 104 Å². The molecule has 2 N–H and O–H groups in total. The van der Waals surface area contributed by atoms with Gasteiger partial charge >= 0.3 is 6.09 Å². The van der Waals surface area contributed by atoms with E-state index in [0.717, 1.165) is 0 Å². The molecule has 0 fully saturated rings. The van der Waals surface area contributed by atoms with Gasteiger partial charge in [0.15, 0.2) is 0 Å². The highest BCUT2D eigenvalue weighted by Gasteiger charge is 2.13. The molecular formula is C11H14N2O5. The summed E-state index contributed by atoms with van der Waals surface area (Å²) < 4.78 is 5.46. The van der Waals surface area contributed by atoms with Crippen LogP contribution in [-0.2, 0) is 6.54 Å². The van der Waals surface area contributed by atoms with Crippen molar-refractivity contribution in [3.05, 3.63) is 33.9 Å². The second kappa shape index (κ2) is 5.85. The second-order valence-corrected chi connectivity index (χ2v) is 3.87. The Hall–Kier alpha value is -2.31. The van der Waals surface area contributed by atoms with Crippen molar-refractivity contribution in [2.24, 2.45) is 0 Å². The third-order valence-electron chi connectivity index (χ3n) is 2.05. The van der Waals surface area contributed by atoms with Crippen LogP contribution in [0.4, 0.5) is 10.5 Å². The number of hydrogen-bond acceptors (Lipinski definition) is 4. The van der Waals surface area contributed by atoms with Gasteiger partial charge in [-0.1, -0.05) is 0 Å². The van der Waals surface area contributed by atoms with Crippen LogP contribution < -0.4 is 10.1 Å². The van der Waals surface area contributed by atoms with E-state index < -0.39 is 11.0 Å². The molecule has 18 heavy (non-hydrogen) atoms. The minimum Gasteiger partial charge on any atom is -0.491 e. The normalized spacial score (nSPS) is 10.2. The zero-order valence-corrected chi connectivity index (χ0v) is 10.0. The maximum atomic E-state index is 10.7. The summed E-state index contributed by atoms with van der Waals surface area (Å²) in [6, 6.07) is 4.09. The van der Waals surface area contributed by atoms with E-state index in [9.17, 15) is 14.9 Å². The number of carbonyl (C=O) groups is 1. The first-order valence-corrected chi connectivity index (χ1v) is 5.31. The molecule has 0 radical (unpaired) electrons. The molecule has 1 aromatic rings. The fourth-order valence-corrected chi connectivity index (χ4v) is 1.36. The molecule has 0 unspecified atom stereocenters. The molecule has 1 amide bonds. The van der Waals surface area contributed by atoms with Crippen LogP contribution in [-0.4, -0.2) is 22.2 Å². The largest absolute Gasteiger partial charge is 0.491 e. The Morgan fingerprint density at radius 1 is 1.56 bits per heavy atom. The Balaban J connectivity index is 3.01. The van der Waals surface area contributed by atoms with Gasteiger partial charge in [0.05, 0.1) is 17.6 Å². The van der Waals surface area contributed by atoms with Crippen LogP contribution in [0.1, 0.15) is 19.4 Å². The molecule has 0 saturated carbocycles. The fraction of sp³-hybridized carbons (Fsp3) is 0.364. The predicted octanol–water partition coefficient (Wildman–Crippen LogP) is 2.15. The number of nitrogens with zero attached hydrogens (tertiary/aromatic N) is 1. The highest BCUT2D eigenvalue weighted by molar-refractivity contribution is 5.64. The molecule has 0 bridgehead atoms. The first-order chi connectivity index (χ1) is 8.40. The minimum absolute atomic E-state index is 0.0426. The third-order valence-corrected chi connectivity index (χ3v) is 2.05. The lowest BCUT2D eigenvalue weighted by Crippen LogP contribution is -2.21. The summed E-state index contributed by atoms with van der Waals surface area (Å²) in [4.78, 5) is 20.6. The number of ether oxygens (including phenoxy) is 1. The van der Waals surface area contributed by atoms with Crippen molar-refractivity contribution in [3.63, 3.8) is 0 Å². The molecular weight excluding hydrogens is 240 g/mol. The third kappa shape index (κ3) is 3.93. The van der Waals surface area contributed by atoms with E-state index in [0.29, 0.717) is 11.3 Å². The van der Waals surface area contributed by atoms with E-state index in [1.54, 1.807) is 0 Å². The molecule has 0 saturated heterocycles. The average molecular weight is 254 g/mol. The van der Waals surface area contributed by atoms with Crippen molar-refractivity contribution in [3.8, 4) is 5.75 Å². The van der Waals surface area contributed by atoms with E-state index >= 15 is 0 Å². The van der Waals surface area contributed by atoms with E-state index in [4.69, 9.17) is 9.84 Å². The monoisotopic (exact) mass is 254 g/mol. The molecule has 1 aromatic carbocycles. The van der Waals surface area contributed by atoms with Gasteiger partial charge in [0.2, 0.25) is 0 Å². The molecule has 7 heteroatoms. The summed E-state index contributed by atoms with van der Waals surface area (Å²) >= 11 is 0. The number of hydrogen-bond donors (Lipinski definition) is 2. The second-order valence-electron chi connectivity index (χ2n) is 3.87. The Morgan fingerprint density at radius 3 is 2.72 bits per heavy atom. The zero-order valence-electron chi connectivity index (χ0n) is 10.0. The SMILES string of the molecule is CC(C)Oc1ccc([N+](=O)[O-])cc1CNC(=O)O. The van der Waals surface area contributed by atoms with Crippen LogP contribution in [0.2, 0.25) is 0 Å². The molecule has 0 atom stereocenters. The molecule has 98 valence electrons. The number of rotatable bonds is 5. The van der Waals surface area contributed by atoms with Gasteiger partial charge in [-0.15, -0.1) is 0 Å². The lowest BCUT2D eigenvalue weighted by molar-refractivity contribution is -0.384.